The van der Waals surface area contributed by atoms with Gasteiger partial charge < -0.3 is 28.4 Å². The first kappa shape index (κ1) is 31.7. The summed E-state index contributed by atoms with van der Waals surface area (Å²) < 4.78 is 35.9. The molecule has 0 amide bonds. The predicted octanol–water partition coefficient (Wildman–Crippen LogP) is 6.53. The normalized spacial score (nSPS) is 20.7. The number of esters is 1. The Kier molecular flexibility index (Phi) is 9.78. The number of methoxy groups -OCH3 is 5. The molecule has 3 aromatic carbocycles. The SMILES string of the molecule is COC(=O)[C@@H]1CC[C@](C)(OCc2ccccc2)C[C@H]1Cc1cc(OC)c2c(OC)cc([Si](C)(C)C)c(OC)c2c1OC. The van der Waals surface area contributed by atoms with Gasteiger partial charge >= 0.3 is 5.97 Å². The first-order valence-corrected chi connectivity index (χ1v) is 18.1. The van der Waals surface area contributed by atoms with E-state index in [2.05, 4.69) is 44.8 Å². The quantitative estimate of drug-likeness (QED) is 0.185. The fraction of sp³-hybridized carbons (Fsp3) is 0.500. The van der Waals surface area contributed by atoms with Gasteiger partial charge in [-0.1, -0.05) is 50.0 Å². The molecular weight excluding hydrogens is 548 g/mol. The topological polar surface area (TPSA) is 72.5 Å². The highest BCUT2D eigenvalue weighted by Gasteiger charge is 2.43. The van der Waals surface area contributed by atoms with Crippen molar-refractivity contribution >= 4 is 30.0 Å². The van der Waals surface area contributed by atoms with E-state index in [4.69, 9.17) is 28.4 Å². The lowest BCUT2D eigenvalue weighted by molar-refractivity contribution is -0.154. The van der Waals surface area contributed by atoms with Gasteiger partial charge in [0, 0.05) is 0 Å². The second-order valence-corrected chi connectivity index (χ2v) is 17.5. The average Bonchev–Trinajstić information content (AvgIpc) is 2.98. The van der Waals surface area contributed by atoms with E-state index >= 15 is 0 Å². The lowest BCUT2D eigenvalue weighted by Crippen LogP contribution is -2.42. The molecule has 0 unspecified atom stereocenters. The van der Waals surface area contributed by atoms with Crippen LogP contribution >= 0.6 is 0 Å². The number of ether oxygens (including phenoxy) is 6. The van der Waals surface area contributed by atoms with Gasteiger partial charge in [-0.2, -0.15) is 0 Å². The third-order valence-corrected chi connectivity index (χ3v) is 10.6. The third-order valence-electron chi connectivity index (χ3n) is 8.63. The highest BCUT2D eigenvalue weighted by Crippen LogP contribution is 2.49. The fourth-order valence-corrected chi connectivity index (χ4v) is 7.92. The van der Waals surface area contributed by atoms with Crippen molar-refractivity contribution in [3.63, 3.8) is 0 Å². The van der Waals surface area contributed by atoms with Crippen molar-refractivity contribution in [3.8, 4) is 23.0 Å². The molecule has 1 saturated carbocycles. The Morgan fingerprint density at radius 3 is 2.10 bits per heavy atom. The molecule has 7 nitrogen and oxygen atoms in total. The molecule has 0 N–H and O–H groups in total. The van der Waals surface area contributed by atoms with Crippen LogP contribution in [0, 0.1) is 11.8 Å². The van der Waals surface area contributed by atoms with E-state index in [9.17, 15) is 4.79 Å². The van der Waals surface area contributed by atoms with Crippen LogP contribution in [0.5, 0.6) is 23.0 Å². The van der Waals surface area contributed by atoms with Gasteiger partial charge in [0.25, 0.3) is 0 Å². The molecule has 0 aromatic heterocycles. The van der Waals surface area contributed by atoms with E-state index in [0.29, 0.717) is 37.4 Å². The number of benzene rings is 3. The van der Waals surface area contributed by atoms with E-state index in [1.807, 2.05) is 24.3 Å². The van der Waals surface area contributed by atoms with Crippen LogP contribution in [-0.2, 0) is 27.3 Å². The van der Waals surface area contributed by atoms with Crippen LogP contribution in [0.1, 0.15) is 37.3 Å². The highest BCUT2D eigenvalue weighted by atomic mass is 28.3. The van der Waals surface area contributed by atoms with Crippen LogP contribution in [0.25, 0.3) is 10.8 Å². The number of hydrogen-bond acceptors (Lipinski definition) is 7. The summed E-state index contributed by atoms with van der Waals surface area (Å²) in [5.41, 5.74) is 1.69. The molecule has 1 aliphatic rings. The molecule has 8 heteroatoms. The second kappa shape index (κ2) is 13.0. The van der Waals surface area contributed by atoms with Crippen molar-refractivity contribution in [1.29, 1.82) is 0 Å². The highest BCUT2D eigenvalue weighted by molar-refractivity contribution is 6.89. The van der Waals surface area contributed by atoms with Crippen LogP contribution in [0.15, 0.2) is 42.5 Å². The Hall–Kier alpha value is -3.23. The molecule has 228 valence electrons. The molecule has 42 heavy (non-hydrogen) atoms. The average molecular weight is 595 g/mol. The standard InChI is InChI=1S/C34H46O7Si/c1-34(41-21-22-13-11-10-12-14-22)16-15-25(33(35)40-6)24(20-34)17-23-18-26(36-2)29-27(37-3)19-28(42(7,8)9)32(39-5)30(29)31(23)38-4/h10-14,18-19,24-25H,15-17,20-21H2,1-9H3/t24-,25-,34+/m1/s1. The number of rotatable bonds is 11. The Balaban J connectivity index is 1.83. The third kappa shape index (κ3) is 6.39. The van der Waals surface area contributed by atoms with Crippen molar-refractivity contribution in [3.05, 3.63) is 53.6 Å². The molecular formula is C34H46O7Si. The van der Waals surface area contributed by atoms with Gasteiger partial charge in [0.05, 0.1) is 72.5 Å². The molecule has 0 aliphatic heterocycles. The summed E-state index contributed by atoms with van der Waals surface area (Å²) in [6.07, 6.45) is 2.76. The van der Waals surface area contributed by atoms with E-state index in [1.165, 1.54) is 7.11 Å². The monoisotopic (exact) mass is 594 g/mol. The maximum Gasteiger partial charge on any atom is 0.308 e. The largest absolute Gasteiger partial charge is 0.496 e. The van der Waals surface area contributed by atoms with Gasteiger partial charge in [0.2, 0.25) is 0 Å². The fourth-order valence-electron chi connectivity index (χ4n) is 6.45. The molecule has 1 aliphatic carbocycles. The van der Waals surface area contributed by atoms with Gasteiger partial charge in [0.15, 0.2) is 0 Å². The molecule has 0 heterocycles. The lowest BCUT2D eigenvalue weighted by atomic mass is 9.70. The zero-order valence-electron chi connectivity index (χ0n) is 26.6. The van der Waals surface area contributed by atoms with E-state index in [0.717, 1.165) is 45.0 Å². The van der Waals surface area contributed by atoms with E-state index < -0.39 is 8.07 Å². The number of carbonyl (C=O) groups is 1. The van der Waals surface area contributed by atoms with Crippen LogP contribution in [0.4, 0.5) is 0 Å². The lowest BCUT2D eigenvalue weighted by Gasteiger charge is -2.42. The summed E-state index contributed by atoms with van der Waals surface area (Å²) in [5, 5.41) is 2.78. The Morgan fingerprint density at radius 1 is 0.881 bits per heavy atom. The van der Waals surface area contributed by atoms with Crippen molar-refractivity contribution < 1.29 is 33.2 Å². The van der Waals surface area contributed by atoms with Crippen molar-refractivity contribution in [2.24, 2.45) is 11.8 Å². The predicted molar refractivity (Wildman–Crippen MR) is 169 cm³/mol. The van der Waals surface area contributed by atoms with E-state index in [1.54, 1.807) is 28.4 Å². The summed E-state index contributed by atoms with van der Waals surface area (Å²) in [5.74, 6) is 2.42. The second-order valence-electron chi connectivity index (χ2n) is 12.5. The molecule has 3 atom stereocenters. The first-order chi connectivity index (χ1) is 20.0. The minimum Gasteiger partial charge on any atom is -0.496 e. The van der Waals surface area contributed by atoms with Crippen LogP contribution < -0.4 is 24.1 Å². The molecule has 0 bridgehead atoms. The molecule has 1 fully saturated rings. The zero-order valence-corrected chi connectivity index (χ0v) is 27.6. The minimum atomic E-state index is -1.85. The number of carbonyl (C=O) groups excluding carboxylic acids is 1. The van der Waals surface area contributed by atoms with Crippen LogP contribution in [0.2, 0.25) is 19.6 Å². The van der Waals surface area contributed by atoms with Crippen molar-refractivity contribution in [2.45, 2.75) is 64.5 Å². The molecule has 0 spiro atoms. The van der Waals surface area contributed by atoms with Crippen LogP contribution in [-0.4, -0.2) is 55.2 Å². The van der Waals surface area contributed by atoms with E-state index in [-0.39, 0.29) is 23.4 Å². The first-order valence-electron chi connectivity index (χ1n) is 14.6. The molecule has 0 radical (unpaired) electrons. The summed E-state index contributed by atoms with van der Waals surface area (Å²) in [7, 11) is 6.34. The van der Waals surface area contributed by atoms with Gasteiger partial charge in [0.1, 0.15) is 23.0 Å². The maximum absolute atomic E-state index is 13.0. The molecule has 0 saturated heterocycles. The maximum atomic E-state index is 13.0. The Labute approximate surface area is 251 Å². The van der Waals surface area contributed by atoms with Gasteiger partial charge in [-0.15, -0.1) is 0 Å². The van der Waals surface area contributed by atoms with Gasteiger partial charge in [-0.05, 0) is 67.0 Å². The summed E-state index contributed by atoms with van der Waals surface area (Å²) in [4.78, 5) is 13.0. The summed E-state index contributed by atoms with van der Waals surface area (Å²) in [6.45, 7) is 9.52. The summed E-state index contributed by atoms with van der Waals surface area (Å²) >= 11 is 0. The number of fused-ring (bicyclic) bond motifs is 1. The van der Waals surface area contributed by atoms with Gasteiger partial charge in [-0.25, -0.2) is 0 Å². The smallest absolute Gasteiger partial charge is 0.308 e. The van der Waals surface area contributed by atoms with Crippen molar-refractivity contribution in [2.75, 3.05) is 35.5 Å². The zero-order chi connectivity index (χ0) is 30.7. The number of hydrogen-bond donors (Lipinski definition) is 0. The molecule has 4 rings (SSSR count). The van der Waals surface area contributed by atoms with Gasteiger partial charge in [-0.3, -0.25) is 4.79 Å². The molecule has 3 aromatic rings. The minimum absolute atomic E-state index is 0.0314. The van der Waals surface area contributed by atoms with Crippen LogP contribution in [0.3, 0.4) is 0 Å². The van der Waals surface area contributed by atoms with Crippen molar-refractivity contribution in [1.82, 2.24) is 0 Å². The summed E-state index contributed by atoms with van der Waals surface area (Å²) in [6, 6.07) is 14.3. The Bertz CT molecular complexity index is 1400. The Morgan fingerprint density at radius 2 is 1.52 bits per heavy atom.